The summed E-state index contributed by atoms with van der Waals surface area (Å²) >= 11 is 3.47. The van der Waals surface area contributed by atoms with Crippen LogP contribution in [0.25, 0.3) is 0 Å². The number of nitrogens with two attached hydrogens (primary N) is 1. The normalized spacial score (nSPS) is 10.5. The van der Waals surface area contributed by atoms with E-state index in [2.05, 4.69) is 26.1 Å². The summed E-state index contributed by atoms with van der Waals surface area (Å²) in [5, 5.41) is 6.56. The molecule has 1 aromatic heterocycles. The van der Waals surface area contributed by atoms with Gasteiger partial charge in [-0.2, -0.15) is 5.10 Å². The quantitative estimate of drug-likeness (QED) is 0.910. The fourth-order valence-corrected chi connectivity index (χ4v) is 2.27. The van der Waals surface area contributed by atoms with Crippen LogP contribution in [0.5, 0.6) is 0 Å². The maximum atomic E-state index is 12.3. The molecule has 100 valence electrons. The van der Waals surface area contributed by atoms with Gasteiger partial charge >= 0.3 is 0 Å². The average molecular weight is 323 g/mol. The second-order valence-electron chi connectivity index (χ2n) is 4.36. The molecule has 0 aliphatic rings. The van der Waals surface area contributed by atoms with Crippen LogP contribution in [0.15, 0.2) is 28.7 Å². The average Bonchev–Trinajstić information content (AvgIpc) is 2.71. The molecule has 3 N–H and O–H groups in total. The molecule has 19 heavy (non-hydrogen) atoms. The highest BCUT2D eigenvalue weighted by Gasteiger charge is 2.20. The van der Waals surface area contributed by atoms with Gasteiger partial charge in [0.2, 0.25) is 0 Å². The number of aromatic nitrogens is 2. The molecule has 1 amide bonds. The highest BCUT2D eigenvalue weighted by atomic mass is 79.9. The number of carbonyl (C=O) groups is 1. The van der Waals surface area contributed by atoms with Crippen LogP contribution in [0.2, 0.25) is 0 Å². The minimum Gasteiger partial charge on any atom is -0.382 e. The zero-order chi connectivity index (χ0) is 14.0. The van der Waals surface area contributed by atoms with Crippen molar-refractivity contribution in [2.75, 3.05) is 12.8 Å². The number of hydrogen-bond donors (Lipinski definition) is 2. The van der Waals surface area contributed by atoms with E-state index in [1.807, 2.05) is 24.3 Å². The zero-order valence-electron chi connectivity index (χ0n) is 10.8. The van der Waals surface area contributed by atoms with E-state index in [9.17, 15) is 4.79 Å². The smallest absolute Gasteiger partial charge is 0.259 e. The Bertz CT molecular complexity index is 589. The number of aryl methyl sites for hydroxylation is 1. The first-order valence-corrected chi connectivity index (χ1v) is 6.59. The van der Waals surface area contributed by atoms with Crippen molar-refractivity contribution in [3.63, 3.8) is 0 Å². The lowest BCUT2D eigenvalue weighted by Crippen LogP contribution is -2.27. The Balaban J connectivity index is 2.19. The Kier molecular flexibility index (Phi) is 3.90. The van der Waals surface area contributed by atoms with Crippen molar-refractivity contribution in [2.24, 2.45) is 0 Å². The first-order chi connectivity index (χ1) is 9.00. The van der Waals surface area contributed by atoms with Crippen LogP contribution in [0.4, 0.5) is 5.82 Å². The van der Waals surface area contributed by atoms with E-state index in [0.29, 0.717) is 17.8 Å². The van der Waals surface area contributed by atoms with Crippen LogP contribution in [0.1, 0.15) is 21.6 Å². The Hall–Kier alpha value is -1.82. The van der Waals surface area contributed by atoms with Crippen LogP contribution in [0, 0.1) is 6.92 Å². The summed E-state index contributed by atoms with van der Waals surface area (Å²) in [5.74, 6) is 0.0981. The lowest BCUT2D eigenvalue weighted by atomic mass is 10.2. The van der Waals surface area contributed by atoms with Crippen LogP contribution in [-0.2, 0) is 6.54 Å². The largest absolute Gasteiger partial charge is 0.382 e. The molecule has 0 spiro atoms. The third-order valence-electron chi connectivity index (χ3n) is 2.90. The first kappa shape index (κ1) is 13.6. The summed E-state index contributed by atoms with van der Waals surface area (Å²) in [6.07, 6.45) is 0. The second-order valence-corrected chi connectivity index (χ2v) is 5.22. The first-order valence-electron chi connectivity index (χ1n) is 5.80. The van der Waals surface area contributed by atoms with Crippen molar-refractivity contribution in [1.29, 1.82) is 0 Å². The minimum atomic E-state index is -0.139. The molecular weight excluding hydrogens is 308 g/mol. The van der Waals surface area contributed by atoms with E-state index < -0.39 is 0 Å². The number of carbonyl (C=O) groups excluding carboxylic acids is 1. The van der Waals surface area contributed by atoms with Gasteiger partial charge in [0.05, 0.1) is 0 Å². The van der Waals surface area contributed by atoms with Gasteiger partial charge in [0, 0.05) is 23.8 Å². The molecule has 0 fully saturated rings. The molecule has 1 heterocycles. The van der Waals surface area contributed by atoms with Crippen LogP contribution >= 0.6 is 15.9 Å². The number of aromatic amines is 1. The molecule has 0 atom stereocenters. The third-order valence-corrected chi connectivity index (χ3v) is 3.67. The fraction of sp³-hybridized carbons (Fsp3) is 0.231. The van der Waals surface area contributed by atoms with Crippen LogP contribution in [0.3, 0.4) is 0 Å². The van der Waals surface area contributed by atoms with Gasteiger partial charge in [-0.15, -0.1) is 0 Å². The molecule has 2 rings (SSSR count). The number of rotatable bonds is 3. The molecule has 0 radical (unpaired) electrons. The standard InChI is InChI=1S/C13H15BrN4O/c1-8-11(12(15)17-16-8)13(19)18(2)7-9-5-3-4-6-10(9)14/h3-6H,7H2,1-2H3,(H3,15,16,17). The molecule has 1 aromatic carbocycles. The van der Waals surface area contributed by atoms with Crippen molar-refractivity contribution in [3.8, 4) is 0 Å². The molecule has 6 heteroatoms. The molecule has 0 aliphatic carbocycles. The summed E-state index contributed by atoms with van der Waals surface area (Å²) < 4.78 is 0.978. The monoisotopic (exact) mass is 322 g/mol. The van der Waals surface area contributed by atoms with Crippen LogP contribution in [-0.4, -0.2) is 28.1 Å². The van der Waals surface area contributed by atoms with Crippen molar-refractivity contribution >= 4 is 27.7 Å². The number of hydrogen-bond acceptors (Lipinski definition) is 3. The topological polar surface area (TPSA) is 75.0 Å². The van der Waals surface area contributed by atoms with Gasteiger partial charge < -0.3 is 10.6 Å². The van der Waals surface area contributed by atoms with Gasteiger partial charge in [0.1, 0.15) is 5.56 Å². The summed E-state index contributed by atoms with van der Waals surface area (Å²) in [5.41, 5.74) is 7.87. The van der Waals surface area contributed by atoms with Crippen LogP contribution < -0.4 is 5.73 Å². The Morgan fingerprint density at radius 3 is 2.74 bits per heavy atom. The number of H-pyrrole nitrogens is 1. The molecular formula is C13H15BrN4O. The lowest BCUT2D eigenvalue weighted by Gasteiger charge is -2.18. The van der Waals surface area contributed by atoms with E-state index in [4.69, 9.17) is 5.73 Å². The number of nitrogens with one attached hydrogen (secondary N) is 1. The number of nitrogen functional groups attached to an aromatic ring is 1. The van der Waals surface area contributed by atoms with E-state index in [1.54, 1.807) is 18.9 Å². The second kappa shape index (κ2) is 5.44. The summed E-state index contributed by atoms with van der Waals surface area (Å²) in [6, 6.07) is 7.80. The Morgan fingerprint density at radius 2 is 2.16 bits per heavy atom. The van der Waals surface area contributed by atoms with Crippen molar-refractivity contribution in [1.82, 2.24) is 15.1 Å². The maximum absolute atomic E-state index is 12.3. The molecule has 0 saturated heterocycles. The predicted molar refractivity (Wildman–Crippen MR) is 77.7 cm³/mol. The third kappa shape index (κ3) is 2.78. The number of nitrogens with zero attached hydrogens (tertiary/aromatic N) is 2. The summed E-state index contributed by atoms with van der Waals surface area (Å²) in [6.45, 7) is 2.28. The maximum Gasteiger partial charge on any atom is 0.259 e. The van der Waals surface area contributed by atoms with E-state index in [1.165, 1.54) is 0 Å². The Morgan fingerprint density at radius 1 is 1.47 bits per heavy atom. The SMILES string of the molecule is Cc1[nH]nc(N)c1C(=O)N(C)Cc1ccccc1Br. The van der Waals surface area contributed by atoms with Crippen molar-refractivity contribution in [2.45, 2.75) is 13.5 Å². The van der Waals surface area contributed by atoms with Gasteiger partial charge in [0.25, 0.3) is 5.91 Å². The zero-order valence-corrected chi connectivity index (χ0v) is 12.4. The molecule has 2 aromatic rings. The summed E-state index contributed by atoms with van der Waals surface area (Å²) in [7, 11) is 1.74. The molecule has 0 unspecified atom stereocenters. The van der Waals surface area contributed by atoms with Crippen molar-refractivity contribution in [3.05, 3.63) is 45.6 Å². The molecule has 0 bridgehead atoms. The molecule has 5 nitrogen and oxygen atoms in total. The highest BCUT2D eigenvalue weighted by molar-refractivity contribution is 9.10. The van der Waals surface area contributed by atoms with Gasteiger partial charge in [-0.3, -0.25) is 9.89 Å². The fourth-order valence-electron chi connectivity index (χ4n) is 1.86. The Labute approximate surface area is 119 Å². The van der Waals surface area contributed by atoms with E-state index in [-0.39, 0.29) is 11.7 Å². The number of anilines is 1. The number of benzene rings is 1. The van der Waals surface area contributed by atoms with E-state index in [0.717, 1.165) is 10.0 Å². The van der Waals surface area contributed by atoms with Crippen molar-refractivity contribution < 1.29 is 4.79 Å². The lowest BCUT2D eigenvalue weighted by molar-refractivity contribution is 0.0785. The van der Waals surface area contributed by atoms with Gasteiger partial charge in [-0.05, 0) is 18.6 Å². The molecule has 0 saturated carbocycles. The number of halogens is 1. The number of amides is 1. The summed E-state index contributed by atoms with van der Waals surface area (Å²) in [4.78, 5) is 14.0. The molecule has 0 aliphatic heterocycles. The van der Waals surface area contributed by atoms with Gasteiger partial charge in [0.15, 0.2) is 5.82 Å². The van der Waals surface area contributed by atoms with Gasteiger partial charge in [-0.25, -0.2) is 0 Å². The van der Waals surface area contributed by atoms with E-state index >= 15 is 0 Å². The minimum absolute atomic E-state index is 0.139. The highest BCUT2D eigenvalue weighted by Crippen LogP contribution is 2.20. The predicted octanol–water partition coefficient (Wildman–Crippen LogP) is 2.34. The van der Waals surface area contributed by atoms with Gasteiger partial charge in [-0.1, -0.05) is 34.1 Å².